The average Bonchev–Trinajstić information content (AvgIpc) is 2.39. The van der Waals surface area contributed by atoms with Crippen LogP contribution in [0.4, 0.5) is 0 Å². The van der Waals surface area contributed by atoms with Gasteiger partial charge in [-0.1, -0.05) is 32.3 Å². The van der Waals surface area contributed by atoms with Gasteiger partial charge in [-0.05, 0) is 64.8 Å². The molecule has 0 aromatic heterocycles. The van der Waals surface area contributed by atoms with Crippen molar-refractivity contribution in [2.45, 2.75) is 45.6 Å². The minimum Gasteiger partial charge on any atom is -0.507 e. The van der Waals surface area contributed by atoms with Gasteiger partial charge in [-0.3, -0.25) is 0 Å². The van der Waals surface area contributed by atoms with Gasteiger partial charge in [0.2, 0.25) is 0 Å². The molecule has 0 radical (unpaired) electrons. The van der Waals surface area contributed by atoms with Crippen LogP contribution in [0.5, 0.6) is 5.75 Å². The van der Waals surface area contributed by atoms with Crippen LogP contribution < -0.4 is 5.32 Å². The van der Waals surface area contributed by atoms with Gasteiger partial charge in [-0.25, -0.2) is 0 Å². The number of nitrogens with one attached hydrogen (secondary N) is 1. The second-order valence-electron chi connectivity index (χ2n) is 5.89. The minimum absolute atomic E-state index is 0.306. The largest absolute Gasteiger partial charge is 0.507 e. The smallest absolute Gasteiger partial charge is 0.129 e. The lowest BCUT2D eigenvalue weighted by Crippen LogP contribution is -2.21. The summed E-state index contributed by atoms with van der Waals surface area (Å²) in [7, 11) is 0. The van der Waals surface area contributed by atoms with Gasteiger partial charge in [0.15, 0.2) is 0 Å². The first-order chi connectivity index (χ1) is 9.15. The number of hydrogen-bond acceptors (Lipinski definition) is 2. The number of phenols is 1. The minimum atomic E-state index is 0.306. The van der Waals surface area contributed by atoms with Gasteiger partial charge >= 0.3 is 0 Å². The highest BCUT2D eigenvalue weighted by atomic mass is 79.9. The van der Waals surface area contributed by atoms with E-state index in [9.17, 15) is 5.11 Å². The molecule has 2 unspecified atom stereocenters. The molecule has 1 aliphatic carbocycles. The highest BCUT2D eigenvalue weighted by molar-refractivity contribution is 9.10. The van der Waals surface area contributed by atoms with Crippen LogP contribution in [0.15, 0.2) is 22.7 Å². The standard InChI is InChI=1S/C16H24BrNO/c1-12-3-2-4-13(9-12)7-8-18-11-14-5-6-16(19)15(17)10-14/h5-6,10,12-13,18-19H,2-4,7-9,11H2,1H3. The Morgan fingerprint density at radius 1 is 1.37 bits per heavy atom. The van der Waals surface area contributed by atoms with Crippen LogP contribution in [-0.4, -0.2) is 11.7 Å². The zero-order chi connectivity index (χ0) is 13.7. The monoisotopic (exact) mass is 325 g/mol. The lowest BCUT2D eigenvalue weighted by Gasteiger charge is -2.26. The number of aromatic hydroxyl groups is 1. The fraction of sp³-hybridized carbons (Fsp3) is 0.625. The van der Waals surface area contributed by atoms with Crippen LogP contribution in [0.3, 0.4) is 0 Å². The molecule has 0 bridgehead atoms. The molecule has 1 aromatic carbocycles. The van der Waals surface area contributed by atoms with E-state index >= 15 is 0 Å². The molecule has 2 nitrogen and oxygen atoms in total. The molecule has 2 N–H and O–H groups in total. The number of halogens is 1. The summed E-state index contributed by atoms with van der Waals surface area (Å²) >= 11 is 3.35. The lowest BCUT2D eigenvalue weighted by atomic mass is 9.81. The molecule has 2 rings (SSSR count). The molecule has 0 saturated heterocycles. The average molecular weight is 326 g/mol. The number of rotatable bonds is 5. The predicted octanol–water partition coefficient (Wildman–Crippen LogP) is 4.46. The Bertz CT molecular complexity index is 408. The van der Waals surface area contributed by atoms with E-state index in [1.165, 1.54) is 37.7 Å². The first kappa shape index (κ1) is 14.9. The third-order valence-electron chi connectivity index (χ3n) is 4.12. The summed E-state index contributed by atoms with van der Waals surface area (Å²) in [6, 6.07) is 5.69. The van der Waals surface area contributed by atoms with Crippen molar-refractivity contribution >= 4 is 15.9 Å². The summed E-state index contributed by atoms with van der Waals surface area (Å²) in [6.45, 7) is 4.35. The van der Waals surface area contributed by atoms with Crippen LogP contribution in [-0.2, 0) is 6.54 Å². The molecule has 0 aliphatic heterocycles. The molecule has 106 valence electrons. The van der Waals surface area contributed by atoms with E-state index in [0.717, 1.165) is 29.4 Å². The second kappa shape index (κ2) is 7.30. The highest BCUT2D eigenvalue weighted by Gasteiger charge is 2.17. The van der Waals surface area contributed by atoms with Gasteiger partial charge in [-0.15, -0.1) is 0 Å². The molecular formula is C16H24BrNO. The maximum Gasteiger partial charge on any atom is 0.129 e. The van der Waals surface area contributed by atoms with E-state index in [0.29, 0.717) is 5.75 Å². The summed E-state index contributed by atoms with van der Waals surface area (Å²) in [5, 5.41) is 13.0. The van der Waals surface area contributed by atoms with Crippen molar-refractivity contribution in [3.8, 4) is 5.75 Å². The van der Waals surface area contributed by atoms with Crippen LogP contribution in [0.2, 0.25) is 0 Å². The molecule has 1 aromatic rings. The molecule has 0 spiro atoms. The van der Waals surface area contributed by atoms with Gasteiger partial charge in [0.25, 0.3) is 0 Å². The SMILES string of the molecule is CC1CCCC(CCNCc2ccc(O)c(Br)c2)C1. The third-order valence-corrected chi connectivity index (χ3v) is 4.75. The molecule has 19 heavy (non-hydrogen) atoms. The Balaban J connectivity index is 1.67. The van der Waals surface area contributed by atoms with E-state index in [-0.39, 0.29) is 0 Å². The molecule has 1 aliphatic rings. The second-order valence-corrected chi connectivity index (χ2v) is 6.74. The van der Waals surface area contributed by atoms with E-state index < -0.39 is 0 Å². The van der Waals surface area contributed by atoms with E-state index in [1.54, 1.807) is 6.07 Å². The zero-order valence-electron chi connectivity index (χ0n) is 11.7. The van der Waals surface area contributed by atoms with Gasteiger partial charge < -0.3 is 10.4 Å². The fourth-order valence-corrected chi connectivity index (χ4v) is 3.45. The van der Waals surface area contributed by atoms with Crippen molar-refractivity contribution in [2.75, 3.05) is 6.54 Å². The quantitative estimate of drug-likeness (QED) is 0.783. The van der Waals surface area contributed by atoms with Crippen molar-refractivity contribution in [3.63, 3.8) is 0 Å². The first-order valence-corrected chi connectivity index (χ1v) is 8.12. The summed E-state index contributed by atoms with van der Waals surface area (Å²) in [5.74, 6) is 2.15. The predicted molar refractivity (Wildman–Crippen MR) is 83.3 cm³/mol. The normalized spacial score (nSPS) is 23.5. The maximum absolute atomic E-state index is 9.44. The fourth-order valence-electron chi connectivity index (χ4n) is 3.02. The van der Waals surface area contributed by atoms with Gasteiger partial charge in [-0.2, -0.15) is 0 Å². The van der Waals surface area contributed by atoms with Gasteiger partial charge in [0.05, 0.1) is 4.47 Å². The van der Waals surface area contributed by atoms with Crippen molar-refractivity contribution in [1.82, 2.24) is 5.32 Å². The highest BCUT2D eigenvalue weighted by Crippen LogP contribution is 2.30. The summed E-state index contributed by atoms with van der Waals surface area (Å²) < 4.78 is 0.771. The van der Waals surface area contributed by atoms with E-state index in [1.807, 2.05) is 12.1 Å². The Morgan fingerprint density at radius 2 is 2.21 bits per heavy atom. The summed E-state index contributed by atoms with van der Waals surface area (Å²) in [4.78, 5) is 0. The third kappa shape index (κ3) is 4.81. The van der Waals surface area contributed by atoms with Gasteiger partial charge in [0.1, 0.15) is 5.75 Å². The summed E-state index contributed by atoms with van der Waals surface area (Å²) in [6.07, 6.45) is 6.95. The number of hydrogen-bond donors (Lipinski definition) is 2. The van der Waals surface area contributed by atoms with Crippen molar-refractivity contribution in [2.24, 2.45) is 11.8 Å². The molecular weight excluding hydrogens is 302 g/mol. The molecule has 2 atom stereocenters. The zero-order valence-corrected chi connectivity index (χ0v) is 13.2. The van der Waals surface area contributed by atoms with Gasteiger partial charge in [0, 0.05) is 6.54 Å². The lowest BCUT2D eigenvalue weighted by molar-refractivity contribution is 0.267. The van der Waals surface area contributed by atoms with E-state index in [4.69, 9.17) is 0 Å². The number of benzene rings is 1. The molecule has 0 amide bonds. The maximum atomic E-state index is 9.44. The molecule has 3 heteroatoms. The molecule has 1 saturated carbocycles. The van der Waals surface area contributed by atoms with E-state index in [2.05, 4.69) is 28.2 Å². The van der Waals surface area contributed by atoms with Crippen molar-refractivity contribution in [1.29, 1.82) is 0 Å². The van der Waals surface area contributed by atoms with Crippen molar-refractivity contribution in [3.05, 3.63) is 28.2 Å². The first-order valence-electron chi connectivity index (χ1n) is 7.33. The Hall–Kier alpha value is -0.540. The van der Waals surface area contributed by atoms with Crippen LogP contribution in [0.1, 0.15) is 44.6 Å². The molecule has 0 heterocycles. The summed E-state index contributed by atoms with van der Waals surface area (Å²) in [5.41, 5.74) is 1.21. The van der Waals surface area contributed by atoms with Crippen LogP contribution in [0.25, 0.3) is 0 Å². The molecule has 1 fully saturated rings. The Morgan fingerprint density at radius 3 is 2.95 bits per heavy atom. The number of phenolic OH excluding ortho intramolecular Hbond substituents is 1. The Labute approximate surface area is 124 Å². The van der Waals surface area contributed by atoms with Crippen LogP contribution in [0, 0.1) is 11.8 Å². The topological polar surface area (TPSA) is 32.3 Å². The Kier molecular flexibility index (Phi) is 5.71. The van der Waals surface area contributed by atoms with Crippen LogP contribution >= 0.6 is 15.9 Å². The van der Waals surface area contributed by atoms with Crippen molar-refractivity contribution < 1.29 is 5.11 Å².